The van der Waals surface area contributed by atoms with Gasteiger partial charge in [0.05, 0.1) is 18.1 Å². The Bertz CT molecular complexity index is 410. The van der Waals surface area contributed by atoms with Crippen LogP contribution >= 0.6 is 0 Å². The average Bonchev–Trinajstić information content (AvgIpc) is 2.25. The van der Waals surface area contributed by atoms with Gasteiger partial charge in [-0.05, 0) is 18.6 Å². The summed E-state index contributed by atoms with van der Waals surface area (Å²) < 4.78 is 4.96. The number of ether oxygens (including phenoxy) is 1. The zero-order chi connectivity index (χ0) is 11.3. The van der Waals surface area contributed by atoms with Crippen LogP contribution in [0, 0.1) is 21.4 Å². The SMILES string of the molecule is COc1ccc([N+](=O)[O-])c(CCC#N)c1. The third-order valence-electron chi connectivity index (χ3n) is 1.99. The molecule has 0 aliphatic heterocycles. The van der Waals surface area contributed by atoms with Crippen molar-refractivity contribution in [2.24, 2.45) is 0 Å². The number of benzene rings is 1. The fourth-order valence-corrected chi connectivity index (χ4v) is 1.26. The van der Waals surface area contributed by atoms with Crippen LogP contribution in [0.25, 0.3) is 0 Å². The Morgan fingerprint density at radius 1 is 1.60 bits per heavy atom. The molecule has 5 nitrogen and oxygen atoms in total. The largest absolute Gasteiger partial charge is 0.497 e. The highest BCUT2D eigenvalue weighted by Crippen LogP contribution is 2.24. The molecule has 0 atom stereocenters. The lowest BCUT2D eigenvalue weighted by Crippen LogP contribution is -1.96. The molecule has 0 bridgehead atoms. The van der Waals surface area contributed by atoms with Gasteiger partial charge in [-0.1, -0.05) is 0 Å². The summed E-state index contributed by atoms with van der Waals surface area (Å²) >= 11 is 0. The molecule has 78 valence electrons. The number of nitriles is 1. The van der Waals surface area contributed by atoms with E-state index < -0.39 is 4.92 Å². The Morgan fingerprint density at radius 3 is 2.87 bits per heavy atom. The summed E-state index contributed by atoms with van der Waals surface area (Å²) in [5.74, 6) is 0.563. The summed E-state index contributed by atoms with van der Waals surface area (Å²) in [5.41, 5.74) is 0.562. The lowest BCUT2D eigenvalue weighted by molar-refractivity contribution is -0.385. The van der Waals surface area contributed by atoms with Crippen molar-refractivity contribution in [3.05, 3.63) is 33.9 Å². The van der Waals surface area contributed by atoms with Crippen LogP contribution in [0.1, 0.15) is 12.0 Å². The molecule has 0 amide bonds. The van der Waals surface area contributed by atoms with Crippen LogP contribution < -0.4 is 4.74 Å². The summed E-state index contributed by atoms with van der Waals surface area (Å²) in [5, 5.41) is 19.1. The first-order chi connectivity index (χ1) is 7.19. The maximum absolute atomic E-state index is 10.7. The lowest BCUT2D eigenvalue weighted by atomic mass is 10.1. The molecule has 0 heterocycles. The number of methoxy groups -OCH3 is 1. The van der Waals surface area contributed by atoms with E-state index in [1.165, 1.54) is 19.2 Å². The molecule has 0 aromatic heterocycles. The molecule has 0 fully saturated rings. The van der Waals surface area contributed by atoms with E-state index in [-0.39, 0.29) is 12.1 Å². The quantitative estimate of drug-likeness (QED) is 0.558. The first kappa shape index (κ1) is 11.0. The molecule has 1 rings (SSSR count). The van der Waals surface area contributed by atoms with Crippen molar-refractivity contribution in [1.29, 1.82) is 5.26 Å². The fraction of sp³-hybridized carbons (Fsp3) is 0.300. The van der Waals surface area contributed by atoms with E-state index in [0.29, 0.717) is 17.7 Å². The topological polar surface area (TPSA) is 76.2 Å². The number of nitro groups is 1. The van der Waals surface area contributed by atoms with E-state index in [9.17, 15) is 10.1 Å². The standard InChI is InChI=1S/C10H10N2O3/c1-15-9-4-5-10(12(13)14)8(7-9)3-2-6-11/h4-5,7H,2-3H2,1H3. The van der Waals surface area contributed by atoms with Crippen LogP contribution in [0.5, 0.6) is 5.75 Å². The second kappa shape index (κ2) is 4.96. The number of nitro benzene ring substituents is 1. The van der Waals surface area contributed by atoms with Gasteiger partial charge in [-0.3, -0.25) is 10.1 Å². The summed E-state index contributed by atoms with van der Waals surface area (Å²) in [4.78, 5) is 10.2. The number of hydrogen-bond donors (Lipinski definition) is 0. The van der Waals surface area contributed by atoms with Gasteiger partial charge in [-0.15, -0.1) is 0 Å². The molecule has 0 saturated heterocycles. The first-order valence-corrected chi connectivity index (χ1v) is 4.37. The van der Waals surface area contributed by atoms with Gasteiger partial charge < -0.3 is 4.74 Å². The Hall–Kier alpha value is -2.09. The Kier molecular flexibility index (Phi) is 3.63. The summed E-state index contributed by atoms with van der Waals surface area (Å²) in [6.07, 6.45) is 0.623. The summed E-state index contributed by atoms with van der Waals surface area (Å²) in [6, 6.07) is 6.48. The maximum atomic E-state index is 10.7. The van der Waals surface area contributed by atoms with Gasteiger partial charge in [0.15, 0.2) is 0 Å². The van der Waals surface area contributed by atoms with Crippen molar-refractivity contribution in [3.63, 3.8) is 0 Å². The molecule has 0 spiro atoms. The van der Waals surface area contributed by atoms with Crippen LogP contribution in [0.3, 0.4) is 0 Å². The van der Waals surface area contributed by atoms with Gasteiger partial charge in [0, 0.05) is 18.1 Å². The molecule has 1 aromatic rings. The van der Waals surface area contributed by atoms with Crippen LogP contribution in [-0.4, -0.2) is 12.0 Å². The summed E-state index contributed by atoms with van der Waals surface area (Å²) in [7, 11) is 1.50. The van der Waals surface area contributed by atoms with Gasteiger partial charge in [0.1, 0.15) is 5.75 Å². The van der Waals surface area contributed by atoms with Crippen molar-refractivity contribution in [2.45, 2.75) is 12.8 Å². The second-order valence-corrected chi connectivity index (χ2v) is 2.91. The third kappa shape index (κ3) is 2.68. The van der Waals surface area contributed by atoms with Crippen molar-refractivity contribution in [3.8, 4) is 11.8 Å². The fourth-order valence-electron chi connectivity index (χ4n) is 1.26. The number of rotatable bonds is 4. The normalized spacial score (nSPS) is 9.33. The van der Waals surface area contributed by atoms with Crippen LogP contribution in [0.2, 0.25) is 0 Å². The monoisotopic (exact) mass is 206 g/mol. The Morgan fingerprint density at radius 2 is 2.33 bits per heavy atom. The molecule has 0 radical (unpaired) electrons. The predicted octanol–water partition coefficient (Wildman–Crippen LogP) is 2.06. The van der Waals surface area contributed by atoms with Gasteiger partial charge in [0.25, 0.3) is 5.69 Å². The molecule has 0 N–H and O–H groups in total. The van der Waals surface area contributed by atoms with E-state index in [1.54, 1.807) is 6.07 Å². The molecule has 0 saturated carbocycles. The van der Waals surface area contributed by atoms with Crippen LogP contribution in [0.4, 0.5) is 5.69 Å². The molecule has 0 aliphatic carbocycles. The zero-order valence-electron chi connectivity index (χ0n) is 8.27. The highest BCUT2D eigenvalue weighted by molar-refractivity contribution is 5.45. The summed E-state index contributed by atoms with van der Waals surface area (Å²) in [6.45, 7) is 0. The van der Waals surface area contributed by atoms with E-state index in [1.807, 2.05) is 6.07 Å². The molecular formula is C10H10N2O3. The smallest absolute Gasteiger partial charge is 0.272 e. The van der Waals surface area contributed by atoms with E-state index in [2.05, 4.69) is 0 Å². The molecular weight excluding hydrogens is 196 g/mol. The molecule has 0 unspecified atom stereocenters. The molecule has 15 heavy (non-hydrogen) atoms. The van der Waals surface area contributed by atoms with E-state index in [4.69, 9.17) is 10.00 Å². The van der Waals surface area contributed by atoms with E-state index in [0.717, 1.165) is 0 Å². The van der Waals surface area contributed by atoms with Crippen molar-refractivity contribution in [1.82, 2.24) is 0 Å². The van der Waals surface area contributed by atoms with Crippen molar-refractivity contribution >= 4 is 5.69 Å². The van der Waals surface area contributed by atoms with E-state index >= 15 is 0 Å². The predicted molar refractivity (Wildman–Crippen MR) is 53.6 cm³/mol. The van der Waals surface area contributed by atoms with Gasteiger partial charge >= 0.3 is 0 Å². The Labute approximate surface area is 87.1 Å². The number of hydrogen-bond acceptors (Lipinski definition) is 4. The maximum Gasteiger partial charge on any atom is 0.272 e. The Balaban J connectivity index is 3.06. The van der Waals surface area contributed by atoms with Crippen molar-refractivity contribution < 1.29 is 9.66 Å². The highest BCUT2D eigenvalue weighted by Gasteiger charge is 2.13. The lowest BCUT2D eigenvalue weighted by Gasteiger charge is -2.03. The van der Waals surface area contributed by atoms with Gasteiger partial charge in [0.2, 0.25) is 0 Å². The molecule has 0 aliphatic rings. The second-order valence-electron chi connectivity index (χ2n) is 2.91. The molecule has 1 aromatic carbocycles. The van der Waals surface area contributed by atoms with Crippen LogP contribution in [-0.2, 0) is 6.42 Å². The van der Waals surface area contributed by atoms with Gasteiger partial charge in [-0.25, -0.2) is 0 Å². The minimum atomic E-state index is -0.452. The highest BCUT2D eigenvalue weighted by atomic mass is 16.6. The van der Waals surface area contributed by atoms with Crippen molar-refractivity contribution in [2.75, 3.05) is 7.11 Å². The van der Waals surface area contributed by atoms with Crippen LogP contribution in [0.15, 0.2) is 18.2 Å². The van der Waals surface area contributed by atoms with Gasteiger partial charge in [-0.2, -0.15) is 5.26 Å². The number of nitrogens with zero attached hydrogens (tertiary/aromatic N) is 2. The minimum absolute atomic E-state index is 0.0334. The third-order valence-corrected chi connectivity index (χ3v) is 1.99. The zero-order valence-corrected chi connectivity index (χ0v) is 8.27. The first-order valence-electron chi connectivity index (χ1n) is 4.37. The minimum Gasteiger partial charge on any atom is -0.497 e. The number of aryl methyl sites for hydroxylation is 1. The average molecular weight is 206 g/mol. The molecule has 5 heteroatoms.